The Kier molecular flexibility index (Phi) is 7.55. The zero-order valence-corrected chi connectivity index (χ0v) is 19.9. The number of nitrogens with zero attached hydrogens (tertiary/aromatic N) is 1. The van der Waals surface area contributed by atoms with Gasteiger partial charge in [-0.25, -0.2) is 13.2 Å². The normalized spacial score (nSPS) is 12.6. The Balaban J connectivity index is 1.84. The number of carbonyl (C=O) groups excluding carboxylic acids is 1. The van der Waals surface area contributed by atoms with Crippen molar-refractivity contribution in [3.8, 4) is 5.75 Å². The highest BCUT2D eigenvalue weighted by Crippen LogP contribution is 2.27. The number of ether oxygens (including phenoxy) is 1. The van der Waals surface area contributed by atoms with E-state index in [1.807, 2.05) is 6.26 Å². The summed E-state index contributed by atoms with van der Waals surface area (Å²) in [6.45, 7) is 0. The highest BCUT2D eigenvalue weighted by atomic mass is 35.5. The van der Waals surface area contributed by atoms with Gasteiger partial charge in [-0.1, -0.05) is 11.6 Å². The molecule has 9 nitrogen and oxygen atoms in total. The molecule has 12 heteroatoms. The molecule has 2 aromatic carbocycles. The van der Waals surface area contributed by atoms with Crippen molar-refractivity contribution in [3.05, 3.63) is 52.0 Å². The number of oxazole rings is 1. The molecule has 32 heavy (non-hydrogen) atoms. The largest absolute Gasteiger partial charge is 0.495 e. The van der Waals surface area contributed by atoms with Crippen LogP contribution in [0.25, 0.3) is 11.1 Å². The molecule has 0 spiro atoms. The van der Waals surface area contributed by atoms with Crippen LogP contribution < -0.4 is 20.5 Å². The predicted molar refractivity (Wildman–Crippen MR) is 125 cm³/mol. The van der Waals surface area contributed by atoms with Crippen LogP contribution in [0.2, 0.25) is 5.02 Å². The zero-order chi connectivity index (χ0) is 23.5. The van der Waals surface area contributed by atoms with Crippen LogP contribution in [0.5, 0.6) is 5.75 Å². The second-order valence-corrected chi connectivity index (χ2v) is 9.96. The summed E-state index contributed by atoms with van der Waals surface area (Å²) >= 11 is 7.58. The molecule has 2 N–H and O–H groups in total. The molecule has 0 radical (unpaired) electrons. The van der Waals surface area contributed by atoms with Gasteiger partial charge < -0.3 is 14.5 Å². The molecule has 1 unspecified atom stereocenters. The van der Waals surface area contributed by atoms with Crippen molar-refractivity contribution < 1.29 is 22.4 Å². The first kappa shape index (κ1) is 24.2. The molecule has 1 atom stereocenters. The SMILES string of the molecule is COc1ccc(NC(=O)C(CCSC)NS(=O)(=O)c2ccc3c(c2)oc(=O)n3C)cc1Cl. The van der Waals surface area contributed by atoms with Crippen LogP contribution in [-0.4, -0.2) is 44.1 Å². The van der Waals surface area contributed by atoms with Gasteiger partial charge in [0.2, 0.25) is 15.9 Å². The van der Waals surface area contributed by atoms with E-state index >= 15 is 0 Å². The third-order valence-electron chi connectivity index (χ3n) is 4.72. The smallest absolute Gasteiger partial charge is 0.419 e. The number of carbonyl (C=O) groups is 1. The van der Waals surface area contributed by atoms with Gasteiger partial charge in [0, 0.05) is 18.8 Å². The number of methoxy groups -OCH3 is 1. The average Bonchev–Trinajstić information content (AvgIpc) is 3.04. The van der Waals surface area contributed by atoms with Gasteiger partial charge in [-0.05, 0) is 48.8 Å². The van der Waals surface area contributed by atoms with E-state index in [9.17, 15) is 18.0 Å². The van der Waals surface area contributed by atoms with Gasteiger partial charge in [-0.15, -0.1) is 0 Å². The summed E-state index contributed by atoms with van der Waals surface area (Å²) in [5.41, 5.74) is 1.00. The third-order valence-corrected chi connectivity index (χ3v) is 7.13. The average molecular weight is 500 g/mol. The van der Waals surface area contributed by atoms with Crippen LogP contribution >= 0.6 is 23.4 Å². The molecule has 0 saturated heterocycles. The topological polar surface area (TPSA) is 120 Å². The van der Waals surface area contributed by atoms with Crippen LogP contribution in [0.3, 0.4) is 0 Å². The Hall–Kier alpha value is -2.47. The van der Waals surface area contributed by atoms with Gasteiger partial charge in [-0.2, -0.15) is 16.5 Å². The first-order chi connectivity index (χ1) is 15.2. The maximum atomic E-state index is 13.0. The summed E-state index contributed by atoms with van der Waals surface area (Å²) in [4.78, 5) is 24.4. The van der Waals surface area contributed by atoms with E-state index in [0.29, 0.717) is 27.7 Å². The minimum atomic E-state index is -4.08. The fraction of sp³-hybridized carbons (Fsp3) is 0.300. The summed E-state index contributed by atoms with van der Waals surface area (Å²) < 4.78 is 39.8. The number of aromatic nitrogens is 1. The van der Waals surface area contributed by atoms with Crippen molar-refractivity contribution in [2.24, 2.45) is 7.05 Å². The van der Waals surface area contributed by atoms with Gasteiger partial charge in [0.05, 0.1) is 22.5 Å². The van der Waals surface area contributed by atoms with Gasteiger partial charge >= 0.3 is 5.76 Å². The number of amides is 1. The number of fused-ring (bicyclic) bond motifs is 1. The fourth-order valence-corrected chi connectivity index (χ4v) is 4.96. The molecule has 172 valence electrons. The van der Waals surface area contributed by atoms with Crippen molar-refractivity contribution in [1.29, 1.82) is 0 Å². The number of sulfonamides is 1. The first-order valence-corrected chi connectivity index (χ1v) is 12.7. The van der Waals surface area contributed by atoms with Gasteiger partial charge in [0.15, 0.2) is 5.58 Å². The van der Waals surface area contributed by atoms with Crippen molar-refractivity contribution in [2.45, 2.75) is 17.4 Å². The number of thioether (sulfide) groups is 1. The predicted octanol–water partition coefficient (Wildman–Crippen LogP) is 2.83. The quantitative estimate of drug-likeness (QED) is 0.464. The number of hydrogen-bond acceptors (Lipinski definition) is 7. The molecule has 0 bridgehead atoms. The number of hydrogen-bond donors (Lipinski definition) is 2. The molecule has 0 aliphatic carbocycles. The van der Waals surface area contributed by atoms with Gasteiger partial charge in [0.1, 0.15) is 11.8 Å². The maximum absolute atomic E-state index is 13.0. The van der Waals surface area contributed by atoms with E-state index in [0.717, 1.165) is 0 Å². The first-order valence-electron chi connectivity index (χ1n) is 9.41. The number of halogens is 1. The Morgan fingerprint density at radius 3 is 2.69 bits per heavy atom. The molecular formula is C20H22ClN3O6S2. The minimum Gasteiger partial charge on any atom is -0.495 e. The van der Waals surface area contributed by atoms with Crippen molar-refractivity contribution in [1.82, 2.24) is 9.29 Å². The summed E-state index contributed by atoms with van der Waals surface area (Å²) in [6, 6.07) is 7.77. The van der Waals surface area contributed by atoms with Crippen LogP contribution in [0, 0.1) is 0 Å². The number of anilines is 1. The lowest BCUT2D eigenvalue weighted by molar-refractivity contribution is -0.117. The van der Waals surface area contributed by atoms with E-state index in [-0.39, 0.29) is 16.9 Å². The molecular weight excluding hydrogens is 478 g/mol. The van der Waals surface area contributed by atoms with Crippen molar-refractivity contribution in [2.75, 3.05) is 24.4 Å². The second kappa shape index (κ2) is 9.99. The number of benzene rings is 2. The summed E-state index contributed by atoms with van der Waals surface area (Å²) in [5, 5.41) is 2.99. The van der Waals surface area contributed by atoms with Crippen molar-refractivity contribution in [3.63, 3.8) is 0 Å². The van der Waals surface area contributed by atoms with Crippen LogP contribution in [-0.2, 0) is 21.9 Å². The van der Waals surface area contributed by atoms with E-state index in [2.05, 4.69) is 10.0 Å². The molecule has 3 aromatic rings. The number of rotatable bonds is 9. The number of aryl methyl sites for hydroxylation is 1. The van der Waals surface area contributed by atoms with Crippen LogP contribution in [0.4, 0.5) is 5.69 Å². The monoisotopic (exact) mass is 499 g/mol. The standard InChI is InChI=1S/C20H22ClN3O6S2/c1-24-16-6-5-13(11-18(16)30-20(24)26)32(27,28)23-15(8-9-31-3)19(25)22-12-4-7-17(29-2)14(21)10-12/h4-7,10-11,15,23H,8-9H2,1-3H3,(H,22,25). The lowest BCUT2D eigenvalue weighted by Crippen LogP contribution is -2.44. The van der Waals surface area contributed by atoms with E-state index in [4.69, 9.17) is 20.8 Å². The Labute approximate surface area is 194 Å². The van der Waals surface area contributed by atoms with E-state index < -0.39 is 27.7 Å². The fourth-order valence-electron chi connectivity index (χ4n) is 2.99. The molecule has 3 rings (SSSR count). The molecule has 1 heterocycles. The Bertz CT molecular complexity index is 1300. The number of nitrogens with one attached hydrogen (secondary N) is 2. The third kappa shape index (κ3) is 5.29. The van der Waals surface area contributed by atoms with Crippen LogP contribution in [0.1, 0.15) is 6.42 Å². The minimum absolute atomic E-state index is 0.117. The summed E-state index contributed by atoms with van der Waals surface area (Å²) in [6.07, 6.45) is 2.12. The van der Waals surface area contributed by atoms with Crippen molar-refractivity contribution >= 4 is 56.1 Å². The van der Waals surface area contributed by atoms with E-state index in [1.165, 1.54) is 54.8 Å². The second-order valence-electron chi connectivity index (χ2n) is 6.85. The molecule has 1 amide bonds. The van der Waals surface area contributed by atoms with E-state index in [1.54, 1.807) is 12.1 Å². The highest BCUT2D eigenvalue weighted by Gasteiger charge is 2.26. The maximum Gasteiger partial charge on any atom is 0.419 e. The molecule has 0 aliphatic rings. The Morgan fingerprint density at radius 2 is 2.03 bits per heavy atom. The van der Waals surface area contributed by atoms with Gasteiger partial charge in [0.25, 0.3) is 0 Å². The Morgan fingerprint density at radius 1 is 1.28 bits per heavy atom. The van der Waals surface area contributed by atoms with Gasteiger partial charge in [-0.3, -0.25) is 9.36 Å². The lowest BCUT2D eigenvalue weighted by atomic mass is 10.2. The highest BCUT2D eigenvalue weighted by molar-refractivity contribution is 7.98. The zero-order valence-electron chi connectivity index (χ0n) is 17.5. The summed E-state index contributed by atoms with van der Waals surface area (Å²) in [7, 11) is -1.08. The molecule has 0 saturated carbocycles. The van der Waals surface area contributed by atoms with Crippen LogP contribution in [0.15, 0.2) is 50.5 Å². The molecule has 1 aromatic heterocycles. The lowest BCUT2D eigenvalue weighted by Gasteiger charge is -2.18. The summed E-state index contributed by atoms with van der Waals surface area (Å²) in [5.74, 6) is -0.127. The molecule has 0 aliphatic heterocycles. The molecule has 0 fully saturated rings.